The highest BCUT2D eigenvalue weighted by atomic mass is 32.1. The lowest BCUT2D eigenvalue weighted by atomic mass is 9.78. The fourth-order valence-electron chi connectivity index (χ4n) is 2.37. The molecule has 0 unspecified atom stereocenters. The molecule has 0 radical (unpaired) electrons. The van der Waals surface area contributed by atoms with E-state index < -0.39 is 5.60 Å². The molecular weight excluding hydrogens is 218 g/mol. The summed E-state index contributed by atoms with van der Waals surface area (Å²) < 4.78 is 0. The fourth-order valence-corrected chi connectivity index (χ4v) is 3.44. The molecule has 0 aromatic carbocycles. The van der Waals surface area contributed by atoms with Crippen molar-refractivity contribution in [3.8, 4) is 0 Å². The number of hydrogen-bond acceptors (Lipinski definition) is 3. The first-order valence-electron chi connectivity index (χ1n) is 6.14. The quantitative estimate of drug-likeness (QED) is 0.859. The van der Waals surface area contributed by atoms with E-state index in [0.717, 1.165) is 48.7 Å². The Hall–Kier alpha value is -0.410. The minimum absolute atomic E-state index is 0.483. The van der Waals surface area contributed by atoms with Gasteiger partial charge in [-0.15, -0.1) is 11.3 Å². The van der Waals surface area contributed by atoms with Crippen molar-refractivity contribution in [2.24, 2.45) is 5.92 Å². The van der Waals surface area contributed by atoms with Crippen LogP contribution in [0.5, 0.6) is 0 Å². The molecule has 2 nitrogen and oxygen atoms in total. The average molecular weight is 239 g/mol. The van der Waals surface area contributed by atoms with E-state index in [1.54, 1.807) is 11.3 Å². The molecule has 16 heavy (non-hydrogen) atoms. The highest BCUT2D eigenvalue weighted by Crippen LogP contribution is 2.35. The molecule has 1 fully saturated rings. The van der Waals surface area contributed by atoms with Gasteiger partial charge < -0.3 is 5.11 Å². The van der Waals surface area contributed by atoms with Crippen LogP contribution in [0.25, 0.3) is 0 Å². The van der Waals surface area contributed by atoms with Crippen LogP contribution in [0.3, 0.4) is 0 Å². The molecule has 1 N–H and O–H groups in total. The maximum atomic E-state index is 10.5. The Labute approximate surface area is 102 Å². The van der Waals surface area contributed by atoms with Crippen LogP contribution < -0.4 is 0 Å². The number of aryl methyl sites for hydroxylation is 2. The first kappa shape index (κ1) is 12.1. The van der Waals surface area contributed by atoms with Gasteiger partial charge in [0.15, 0.2) is 0 Å². The Morgan fingerprint density at radius 1 is 1.38 bits per heavy atom. The highest BCUT2D eigenvalue weighted by molar-refractivity contribution is 7.11. The van der Waals surface area contributed by atoms with Gasteiger partial charge in [0.25, 0.3) is 0 Å². The van der Waals surface area contributed by atoms with Crippen LogP contribution >= 0.6 is 11.3 Å². The van der Waals surface area contributed by atoms with E-state index in [0.29, 0.717) is 0 Å². The maximum absolute atomic E-state index is 10.5. The molecule has 0 bridgehead atoms. The summed E-state index contributed by atoms with van der Waals surface area (Å²) in [6, 6.07) is 0. The molecule has 3 heteroatoms. The third-order valence-electron chi connectivity index (χ3n) is 3.76. The Morgan fingerprint density at radius 3 is 2.50 bits per heavy atom. The summed E-state index contributed by atoms with van der Waals surface area (Å²) in [4.78, 5) is 5.81. The van der Waals surface area contributed by atoms with Gasteiger partial charge in [0, 0.05) is 11.3 Å². The van der Waals surface area contributed by atoms with E-state index >= 15 is 0 Å². The predicted molar refractivity (Wildman–Crippen MR) is 67.9 cm³/mol. The zero-order chi connectivity index (χ0) is 11.8. The Balaban J connectivity index is 2.03. The molecule has 0 amide bonds. The van der Waals surface area contributed by atoms with Crippen molar-refractivity contribution in [2.75, 3.05) is 0 Å². The lowest BCUT2D eigenvalue weighted by molar-refractivity contribution is -0.00671. The lowest BCUT2D eigenvalue weighted by Crippen LogP contribution is -2.35. The Morgan fingerprint density at radius 2 is 2.00 bits per heavy atom. The van der Waals surface area contributed by atoms with E-state index in [-0.39, 0.29) is 0 Å². The molecule has 0 aliphatic heterocycles. The zero-order valence-electron chi connectivity index (χ0n) is 10.4. The first-order valence-corrected chi connectivity index (χ1v) is 6.95. The van der Waals surface area contributed by atoms with Crippen molar-refractivity contribution in [1.82, 2.24) is 4.98 Å². The molecule has 0 atom stereocenters. The zero-order valence-corrected chi connectivity index (χ0v) is 11.2. The van der Waals surface area contributed by atoms with Gasteiger partial charge in [-0.3, -0.25) is 0 Å². The monoisotopic (exact) mass is 239 g/mol. The normalized spacial score (nSPS) is 30.6. The number of hydrogen-bond donors (Lipinski definition) is 1. The minimum Gasteiger partial charge on any atom is -0.389 e. The van der Waals surface area contributed by atoms with Gasteiger partial charge in [0.05, 0.1) is 16.3 Å². The van der Waals surface area contributed by atoms with Crippen molar-refractivity contribution in [2.45, 2.75) is 58.5 Å². The number of aliphatic hydroxyl groups is 1. The average Bonchev–Trinajstić information content (AvgIpc) is 2.51. The van der Waals surface area contributed by atoms with Crippen LogP contribution in [-0.4, -0.2) is 15.7 Å². The summed E-state index contributed by atoms with van der Waals surface area (Å²) in [5.41, 5.74) is 0.635. The maximum Gasteiger partial charge on any atom is 0.0959 e. The van der Waals surface area contributed by atoms with E-state index in [4.69, 9.17) is 0 Å². The van der Waals surface area contributed by atoms with Crippen LogP contribution in [0.15, 0.2) is 0 Å². The van der Waals surface area contributed by atoms with Crippen LogP contribution in [0.1, 0.15) is 48.2 Å². The summed E-state index contributed by atoms with van der Waals surface area (Å²) in [5, 5.41) is 11.6. The second-order valence-electron chi connectivity index (χ2n) is 5.33. The smallest absolute Gasteiger partial charge is 0.0959 e. The predicted octanol–water partition coefficient (Wildman–Crippen LogP) is 3.24. The topological polar surface area (TPSA) is 33.1 Å². The van der Waals surface area contributed by atoms with E-state index in [1.165, 1.54) is 4.88 Å². The van der Waals surface area contributed by atoms with E-state index in [2.05, 4.69) is 18.8 Å². The van der Waals surface area contributed by atoms with Gasteiger partial charge in [-0.1, -0.05) is 6.92 Å². The van der Waals surface area contributed by atoms with Gasteiger partial charge in [0.1, 0.15) is 0 Å². The molecule has 1 heterocycles. The second-order valence-corrected chi connectivity index (χ2v) is 6.62. The molecule has 1 aromatic rings. The first-order chi connectivity index (χ1) is 7.48. The largest absolute Gasteiger partial charge is 0.389 e. The van der Waals surface area contributed by atoms with Gasteiger partial charge in [-0.05, 0) is 45.4 Å². The summed E-state index contributed by atoms with van der Waals surface area (Å²) >= 11 is 1.74. The molecular formula is C13H21NOS. The third kappa shape index (κ3) is 2.64. The van der Waals surface area contributed by atoms with Crippen molar-refractivity contribution < 1.29 is 5.11 Å². The van der Waals surface area contributed by atoms with Crippen LogP contribution in [0, 0.1) is 19.8 Å². The lowest BCUT2D eigenvalue weighted by Gasteiger charge is -2.34. The second kappa shape index (κ2) is 4.46. The fraction of sp³-hybridized carbons (Fsp3) is 0.769. The standard InChI is InChI=1S/C13H21NOS/c1-9-4-6-13(15,7-5-9)8-12-14-10(2)11(3)16-12/h9,15H,4-8H2,1-3H3. The van der Waals surface area contributed by atoms with Crippen molar-refractivity contribution in [1.29, 1.82) is 0 Å². The Kier molecular flexibility index (Phi) is 3.36. The van der Waals surface area contributed by atoms with Gasteiger partial charge in [-0.25, -0.2) is 4.98 Å². The highest BCUT2D eigenvalue weighted by Gasteiger charge is 2.32. The van der Waals surface area contributed by atoms with Crippen LogP contribution in [-0.2, 0) is 6.42 Å². The van der Waals surface area contributed by atoms with E-state index in [9.17, 15) is 5.11 Å². The summed E-state index contributed by atoms with van der Waals surface area (Å²) in [7, 11) is 0. The van der Waals surface area contributed by atoms with Crippen molar-refractivity contribution >= 4 is 11.3 Å². The third-order valence-corrected chi connectivity index (χ3v) is 4.83. The van der Waals surface area contributed by atoms with Crippen LogP contribution in [0.2, 0.25) is 0 Å². The molecule has 0 saturated heterocycles. The van der Waals surface area contributed by atoms with Gasteiger partial charge in [-0.2, -0.15) is 0 Å². The SMILES string of the molecule is Cc1nc(CC2(O)CCC(C)CC2)sc1C. The molecule has 1 saturated carbocycles. The summed E-state index contributed by atoms with van der Waals surface area (Å²) in [5.74, 6) is 0.778. The molecule has 1 aliphatic carbocycles. The van der Waals surface area contributed by atoms with Gasteiger partial charge >= 0.3 is 0 Å². The van der Waals surface area contributed by atoms with Crippen molar-refractivity contribution in [3.63, 3.8) is 0 Å². The van der Waals surface area contributed by atoms with E-state index in [1.807, 2.05) is 6.92 Å². The number of aromatic nitrogens is 1. The van der Waals surface area contributed by atoms with Crippen molar-refractivity contribution in [3.05, 3.63) is 15.6 Å². The van der Waals surface area contributed by atoms with Gasteiger partial charge in [0.2, 0.25) is 0 Å². The summed E-state index contributed by atoms with van der Waals surface area (Å²) in [6.45, 7) is 6.42. The molecule has 2 rings (SSSR count). The Bertz CT molecular complexity index is 345. The number of thiazole rings is 1. The number of nitrogens with zero attached hydrogens (tertiary/aromatic N) is 1. The van der Waals surface area contributed by atoms with Crippen LogP contribution in [0.4, 0.5) is 0 Å². The molecule has 1 aromatic heterocycles. The summed E-state index contributed by atoms with van der Waals surface area (Å²) in [6.07, 6.45) is 4.93. The minimum atomic E-state index is -0.483. The molecule has 0 spiro atoms. The molecule has 90 valence electrons. The molecule has 1 aliphatic rings. The number of rotatable bonds is 2.